The molecule has 0 aliphatic carbocycles. The highest BCUT2D eigenvalue weighted by Crippen LogP contribution is 2.32. The molecule has 2 heterocycles. The molecule has 2 aromatic carbocycles. The molecule has 1 N–H and O–H groups in total. The maximum absolute atomic E-state index is 13.0. The Labute approximate surface area is 197 Å². The first-order chi connectivity index (χ1) is 15.3. The number of carbonyl (C=O) groups excluding carboxylic acids is 2. The van der Waals surface area contributed by atoms with E-state index in [2.05, 4.69) is 5.32 Å². The van der Waals surface area contributed by atoms with Crippen LogP contribution in [0, 0.1) is 5.92 Å². The zero-order valence-corrected chi connectivity index (χ0v) is 19.6. The molecule has 0 atom stereocenters. The van der Waals surface area contributed by atoms with E-state index in [9.17, 15) is 18.0 Å². The van der Waals surface area contributed by atoms with Gasteiger partial charge in [-0.2, -0.15) is 4.31 Å². The van der Waals surface area contributed by atoms with Gasteiger partial charge in [-0.25, -0.2) is 8.42 Å². The molecule has 0 bridgehead atoms. The van der Waals surface area contributed by atoms with Gasteiger partial charge < -0.3 is 10.2 Å². The van der Waals surface area contributed by atoms with Crippen LogP contribution in [0.5, 0.6) is 0 Å². The Morgan fingerprint density at radius 2 is 1.75 bits per heavy atom. The van der Waals surface area contributed by atoms with Gasteiger partial charge in [-0.15, -0.1) is 0 Å². The van der Waals surface area contributed by atoms with E-state index in [0.29, 0.717) is 37.2 Å². The van der Waals surface area contributed by atoms with Gasteiger partial charge in [0.25, 0.3) is 0 Å². The molecule has 0 saturated carbocycles. The molecule has 2 aromatic rings. The van der Waals surface area contributed by atoms with Crippen LogP contribution in [0.15, 0.2) is 47.4 Å². The highest BCUT2D eigenvalue weighted by molar-refractivity contribution is 7.89. The van der Waals surface area contributed by atoms with Crippen LogP contribution in [0.25, 0.3) is 0 Å². The summed E-state index contributed by atoms with van der Waals surface area (Å²) >= 11 is 12.0. The van der Waals surface area contributed by atoms with Gasteiger partial charge in [-0.3, -0.25) is 9.59 Å². The van der Waals surface area contributed by atoms with Crippen LogP contribution in [-0.4, -0.2) is 44.2 Å². The van der Waals surface area contributed by atoms with Crippen LogP contribution < -0.4 is 10.2 Å². The van der Waals surface area contributed by atoms with Crippen molar-refractivity contribution >= 4 is 56.4 Å². The van der Waals surface area contributed by atoms with Crippen LogP contribution in [-0.2, 0) is 19.6 Å². The van der Waals surface area contributed by atoms with Gasteiger partial charge >= 0.3 is 0 Å². The number of carbonyl (C=O) groups is 2. The second-order valence-corrected chi connectivity index (χ2v) is 10.7. The number of nitrogens with one attached hydrogen (secondary N) is 1. The van der Waals surface area contributed by atoms with Crippen molar-refractivity contribution in [1.29, 1.82) is 0 Å². The zero-order valence-electron chi connectivity index (χ0n) is 17.3. The number of hydrogen-bond donors (Lipinski definition) is 1. The average molecular weight is 496 g/mol. The number of hydrogen-bond acceptors (Lipinski definition) is 4. The summed E-state index contributed by atoms with van der Waals surface area (Å²) < 4.78 is 27.3. The highest BCUT2D eigenvalue weighted by atomic mass is 35.5. The summed E-state index contributed by atoms with van der Waals surface area (Å²) in [6.07, 6.45) is 2.07. The Hall–Kier alpha value is -2.13. The maximum atomic E-state index is 13.0. The number of piperidine rings is 1. The quantitative estimate of drug-likeness (QED) is 0.674. The largest absolute Gasteiger partial charge is 0.324 e. The van der Waals surface area contributed by atoms with Gasteiger partial charge in [0.05, 0.1) is 16.4 Å². The first kappa shape index (κ1) is 23.0. The Kier molecular flexibility index (Phi) is 6.76. The molecule has 4 rings (SSSR count). The Morgan fingerprint density at radius 1 is 1.03 bits per heavy atom. The molecule has 10 heteroatoms. The topological polar surface area (TPSA) is 86.8 Å². The van der Waals surface area contributed by atoms with Crippen molar-refractivity contribution in [2.45, 2.75) is 30.6 Å². The monoisotopic (exact) mass is 495 g/mol. The van der Waals surface area contributed by atoms with Crippen molar-refractivity contribution in [2.24, 2.45) is 5.92 Å². The van der Waals surface area contributed by atoms with Gasteiger partial charge in [0.2, 0.25) is 21.8 Å². The lowest BCUT2D eigenvalue weighted by molar-refractivity contribution is -0.121. The lowest BCUT2D eigenvalue weighted by Gasteiger charge is -2.31. The molecule has 0 unspecified atom stereocenters. The highest BCUT2D eigenvalue weighted by Gasteiger charge is 2.34. The van der Waals surface area contributed by atoms with E-state index >= 15 is 0 Å². The summed E-state index contributed by atoms with van der Waals surface area (Å²) in [5.41, 5.74) is 1.28. The first-order valence-corrected chi connectivity index (χ1v) is 12.6. The summed E-state index contributed by atoms with van der Waals surface area (Å²) in [5.74, 6) is -0.467. The van der Waals surface area contributed by atoms with E-state index in [0.717, 1.165) is 6.42 Å². The molecule has 0 radical (unpaired) electrons. The molecule has 2 aliphatic heterocycles. The fourth-order valence-corrected chi connectivity index (χ4v) is 6.33. The number of anilines is 2. The summed E-state index contributed by atoms with van der Waals surface area (Å²) in [4.78, 5) is 26.7. The van der Waals surface area contributed by atoms with Crippen molar-refractivity contribution in [1.82, 2.24) is 4.31 Å². The van der Waals surface area contributed by atoms with Crippen LogP contribution in [0.1, 0.15) is 25.7 Å². The third-order valence-corrected chi connectivity index (χ3v) is 8.48. The third kappa shape index (κ3) is 4.64. The predicted molar refractivity (Wildman–Crippen MR) is 125 cm³/mol. The fraction of sp³-hybridized carbons (Fsp3) is 0.364. The minimum atomic E-state index is -3.81. The van der Waals surface area contributed by atoms with Gasteiger partial charge in [0.15, 0.2) is 0 Å². The van der Waals surface area contributed by atoms with E-state index in [1.807, 2.05) is 18.2 Å². The van der Waals surface area contributed by atoms with E-state index in [4.69, 9.17) is 23.2 Å². The van der Waals surface area contributed by atoms with Crippen LogP contribution in [0.3, 0.4) is 0 Å². The number of halogens is 2. The van der Waals surface area contributed by atoms with Crippen molar-refractivity contribution in [3.8, 4) is 0 Å². The minimum absolute atomic E-state index is 0.0289. The van der Waals surface area contributed by atoms with E-state index in [-0.39, 0.29) is 45.8 Å². The molecule has 0 spiro atoms. The Bertz CT molecular complexity index is 1150. The van der Waals surface area contributed by atoms with Crippen molar-refractivity contribution in [3.05, 3.63) is 52.5 Å². The van der Waals surface area contributed by atoms with E-state index in [1.165, 1.54) is 22.5 Å². The molecule has 2 aliphatic rings. The van der Waals surface area contributed by atoms with Crippen molar-refractivity contribution < 1.29 is 18.0 Å². The normalized spacial score (nSPS) is 18.2. The van der Waals surface area contributed by atoms with Crippen molar-refractivity contribution in [2.75, 3.05) is 29.9 Å². The third-order valence-electron chi connectivity index (χ3n) is 5.86. The molecule has 2 amide bonds. The lowest BCUT2D eigenvalue weighted by atomic mass is 9.97. The van der Waals surface area contributed by atoms with Crippen molar-refractivity contribution in [3.63, 3.8) is 0 Å². The average Bonchev–Trinajstić information content (AvgIpc) is 3.21. The Balaban J connectivity index is 1.43. The molecule has 7 nitrogen and oxygen atoms in total. The summed E-state index contributed by atoms with van der Waals surface area (Å²) in [6, 6.07) is 11.6. The second-order valence-electron chi connectivity index (χ2n) is 7.91. The second kappa shape index (κ2) is 9.39. The summed E-state index contributed by atoms with van der Waals surface area (Å²) in [5, 5.41) is 3.34. The number of sulfonamides is 1. The SMILES string of the molecule is O=C(Nc1ccccc1N1CCCC1=O)C1CCN(S(=O)(=O)c2cc(Cl)ccc2Cl)CC1. The number of amides is 2. The molecule has 2 saturated heterocycles. The molecular weight excluding hydrogens is 473 g/mol. The fourth-order valence-electron chi connectivity index (χ4n) is 4.12. The van der Waals surface area contributed by atoms with E-state index in [1.54, 1.807) is 11.0 Å². The number of nitrogens with zero attached hydrogens (tertiary/aromatic N) is 2. The minimum Gasteiger partial charge on any atom is -0.324 e. The summed E-state index contributed by atoms with van der Waals surface area (Å²) in [7, 11) is -3.81. The van der Waals surface area contributed by atoms with Gasteiger partial charge in [-0.05, 0) is 49.6 Å². The molecule has 2 fully saturated rings. The molecule has 0 aromatic heterocycles. The van der Waals surface area contributed by atoms with Gasteiger partial charge in [0.1, 0.15) is 4.90 Å². The smallest absolute Gasteiger partial charge is 0.244 e. The lowest BCUT2D eigenvalue weighted by Crippen LogP contribution is -2.41. The first-order valence-electron chi connectivity index (χ1n) is 10.4. The molecule has 32 heavy (non-hydrogen) atoms. The zero-order chi connectivity index (χ0) is 22.9. The molecular formula is C22H23Cl2N3O4S. The number of rotatable bonds is 5. The van der Waals surface area contributed by atoms with Crippen LogP contribution in [0.2, 0.25) is 10.0 Å². The standard InChI is InChI=1S/C22H23Cl2N3O4S/c23-16-7-8-17(24)20(14-16)32(30,31)26-12-9-15(10-13-26)22(29)25-18-4-1-2-5-19(18)27-11-3-6-21(27)28/h1-2,4-5,7-8,14-15H,3,6,9-13H2,(H,25,29). The number of para-hydroxylation sites is 2. The van der Waals surface area contributed by atoms with Gasteiger partial charge in [0, 0.05) is 37.0 Å². The maximum Gasteiger partial charge on any atom is 0.244 e. The predicted octanol–water partition coefficient (Wildman–Crippen LogP) is 4.16. The molecule has 170 valence electrons. The Morgan fingerprint density at radius 3 is 2.44 bits per heavy atom. The van der Waals surface area contributed by atoms with Gasteiger partial charge in [-0.1, -0.05) is 35.3 Å². The summed E-state index contributed by atoms with van der Waals surface area (Å²) in [6.45, 7) is 1.04. The number of benzene rings is 2. The van der Waals surface area contributed by atoms with Crippen LogP contribution in [0.4, 0.5) is 11.4 Å². The van der Waals surface area contributed by atoms with E-state index < -0.39 is 10.0 Å². The van der Waals surface area contributed by atoms with Crippen LogP contribution >= 0.6 is 23.2 Å².